The van der Waals surface area contributed by atoms with E-state index in [4.69, 9.17) is 11.6 Å². The fourth-order valence-electron chi connectivity index (χ4n) is 3.00. The van der Waals surface area contributed by atoms with Gasteiger partial charge >= 0.3 is 0 Å². The van der Waals surface area contributed by atoms with E-state index in [1.165, 1.54) is 6.07 Å². The zero-order chi connectivity index (χ0) is 22.5. The summed E-state index contributed by atoms with van der Waals surface area (Å²) in [6, 6.07) is 4.13. The van der Waals surface area contributed by atoms with Gasteiger partial charge in [-0.3, -0.25) is 4.72 Å². The molecule has 0 bridgehead atoms. The zero-order valence-corrected chi connectivity index (χ0v) is 18.9. The summed E-state index contributed by atoms with van der Waals surface area (Å²) < 4.78 is 39.8. The standard InChI is InChI=1S/C19H27ClFN5O3S/c1-11(2)7-14(10-27)22-18-23-17(24-19(25-18)26-30(4,28)29)8-12(3)15-6-5-13(20)9-16(15)21/h5-6,9,11-12,14,27H,7-8,10H2,1-4H3,(H2,22,23,24,25,26)/t12-,14+/m0/s1. The van der Waals surface area contributed by atoms with E-state index in [-0.39, 0.29) is 42.7 Å². The molecule has 0 fully saturated rings. The Balaban J connectivity index is 2.33. The van der Waals surface area contributed by atoms with Crippen molar-refractivity contribution in [3.8, 4) is 0 Å². The summed E-state index contributed by atoms with van der Waals surface area (Å²) in [5.74, 6) is -0.147. The predicted molar refractivity (Wildman–Crippen MR) is 116 cm³/mol. The van der Waals surface area contributed by atoms with Crippen molar-refractivity contribution in [2.24, 2.45) is 5.92 Å². The topological polar surface area (TPSA) is 117 Å². The number of halogens is 2. The molecule has 2 aromatic rings. The highest BCUT2D eigenvalue weighted by Crippen LogP contribution is 2.25. The first-order chi connectivity index (χ1) is 14.0. The van der Waals surface area contributed by atoms with E-state index in [0.29, 0.717) is 22.9 Å². The average Bonchev–Trinajstić information content (AvgIpc) is 2.58. The highest BCUT2D eigenvalue weighted by atomic mass is 35.5. The fourth-order valence-corrected chi connectivity index (χ4v) is 3.58. The SMILES string of the molecule is CC(C)C[C@H](CO)Nc1nc(C[C@H](C)c2ccc(Cl)cc2F)nc(NS(C)(=O)=O)n1. The second-order valence-electron chi connectivity index (χ2n) is 7.70. The van der Waals surface area contributed by atoms with E-state index in [9.17, 15) is 17.9 Å². The van der Waals surface area contributed by atoms with Gasteiger partial charge in [-0.2, -0.15) is 15.0 Å². The summed E-state index contributed by atoms with van der Waals surface area (Å²) in [4.78, 5) is 12.6. The quantitative estimate of drug-likeness (QED) is 0.499. The van der Waals surface area contributed by atoms with Crippen molar-refractivity contribution < 1.29 is 17.9 Å². The van der Waals surface area contributed by atoms with Gasteiger partial charge in [0.1, 0.15) is 11.6 Å². The number of aliphatic hydroxyl groups excluding tert-OH is 1. The van der Waals surface area contributed by atoms with Gasteiger partial charge in [-0.1, -0.05) is 38.4 Å². The molecule has 1 aromatic heterocycles. The summed E-state index contributed by atoms with van der Waals surface area (Å²) in [6.07, 6.45) is 1.89. The van der Waals surface area contributed by atoms with E-state index in [1.807, 2.05) is 20.8 Å². The molecule has 166 valence electrons. The molecule has 8 nitrogen and oxygen atoms in total. The highest BCUT2D eigenvalue weighted by molar-refractivity contribution is 7.91. The Labute approximate surface area is 181 Å². The predicted octanol–water partition coefficient (Wildman–Crippen LogP) is 3.20. The third-order valence-corrected chi connectivity index (χ3v) is 5.04. The lowest BCUT2D eigenvalue weighted by molar-refractivity contribution is 0.259. The average molecular weight is 460 g/mol. The second kappa shape index (κ2) is 10.3. The third kappa shape index (κ3) is 7.66. The van der Waals surface area contributed by atoms with Crippen molar-refractivity contribution in [1.82, 2.24) is 15.0 Å². The zero-order valence-electron chi connectivity index (χ0n) is 17.4. The van der Waals surface area contributed by atoms with Gasteiger partial charge in [0, 0.05) is 11.4 Å². The van der Waals surface area contributed by atoms with Crippen molar-refractivity contribution in [3.05, 3.63) is 40.4 Å². The maximum atomic E-state index is 14.3. The van der Waals surface area contributed by atoms with Gasteiger partial charge in [0.25, 0.3) is 0 Å². The van der Waals surface area contributed by atoms with Crippen molar-refractivity contribution in [3.63, 3.8) is 0 Å². The van der Waals surface area contributed by atoms with Gasteiger partial charge in [0.05, 0.1) is 18.9 Å². The molecular weight excluding hydrogens is 433 g/mol. The van der Waals surface area contributed by atoms with Gasteiger partial charge in [0.2, 0.25) is 21.9 Å². The summed E-state index contributed by atoms with van der Waals surface area (Å²) in [5, 5.41) is 12.9. The van der Waals surface area contributed by atoms with Crippen LogP contribution in [0.15, 0.2) is 18.2 Å². The van der Waals surface area contributed by atoms with Crippen molar-refractivity contribution in [2.75, 3.05) is 22.9 Å². The molecule has 0 spiro atoms. The number of sulfonamides is 1. The number of aliphatic hydroxyl groups is 1. The van der Waals surface area contributed by atoms with Gasteiger partial charge in [-0.05, 0) is 36.0 Å². The Kier molecular flexibility index (Phi) is 8.34. The Bertz CT molecular complexity index is 975. The van der Waals surface area contributed by atoms with E-state index < -0.39 is 15.8 Å². The monoisotopic (exact) mass is 459 g/mol. The van der Waals surface area contributed by atoms with Crippen molar-refractivity contribution >= 4 is 33.5 Å². The first-order valence-electron chi connectivity index (χ1n) is 9.52. The number of anilines is 2. The molecule has 1 heterocycles. The number of benzene rings is 1. The van der Waals surface area contributed by atoms with Crippen LogP contribution < -0.4 is 10.0 Å². The Hall–Kier alpha value is -2.04. The molecule has 0 aliphatic carbocycles. The molecule has 2 rings (SSSR count). The Morgan fingerprint density at radius 3 is 2.40 bits per heavy atom. The van der Waals surface area contributed by atoms with Crippen LogP contribution in [0.4, 0.5) is 16.3 Å². The second-order valence-corrected chi connectivity index (χ2v) is 9.88. The van der Waals surface area contributed by atoms with Crippen LogP contribution in [0, 0.1) is 11.7 Å². The van der Waals surface area contributed by atoms with Gasteiger partial charge in [-0.25, -0.2) is 12.8 Å². The summed E-state index contributed by atoms with van der Waals surface area (Å²) in [7, 11) is -3.61. The smallest absolute Gasteiger partial charge is 0.241 e. The Morgan fingerprint density at radius 2 is 1.83 bits per heavy atom. The third-order valence-electron chi connectivity index (χ3n) is 4.25. The molecule has 0 aliphatic heterocycles. The van der Waals surface area contributed by atoms with Crippen molar-refractivity contribution in [1.29, 1.82) is 0 Å². The molecule has 30 heavy (non-hydrogen) atoms. The summed E-state index contributed by atoms with van der Waals surface area (Å²) in [6.45, 7) is 5.70. The van der Waals surface area contributed by atoms with Crippen molar-refractivity contribution in [2.45, 2.75) is 45.6 Å². The van der Waals surface area contributed by atoms with Crippen LogP contribution >= 0.6 is 11.6 Å². The van der Waals surface area contributed by atoms with Crippen LogP contribution in [-0.4, -0.2) is 47.4 Å². The summed E-state index contributed by atoms with van der Waals surface area (Å²) in [5.41, 5.74) is 0.444. The fraction of sp³-hybridized carbons (Fsp3) is 0.526. The van der Waals surface area contributed by atoms with E-state index in [0.717, 1.165) is 6.26 Å². The normalized spacial score (nSPS) is 13.9. The first kappa shape index (κ1) is 24.2. The number of hydrogen-bond donors (Lipinski definition) is 3. The molecule has 0 saturated carbocycles. The van der Waals surface area contributed by atoms with Gasteiger partial charge < -0.3 is 10.4 Å². The van der Waals surface area contributed by atoms with Crippen LogP contribution in [0.3, 0.4) is 0 Å². The largest absolute Gasteiger partial charge is 0.394 e. The molecule has 0 unspecified atom stereocenters. The molecule has 2 atom stereocenters. The molecular formula is C19H27ClFN5O3S. The first-order valence-corrected chi connectivity index (χ1v) is 11.8. The van der Waals surface area contributed by atoms with E-state index in [2.05, 4.69) is 25.0 Å². The number of rotatable bonds is 10. The molecule has 1 aromatic carbocycles. The minimum Gasteiger partial charge on any atom is -0.394 e. The maximum absolute atomic E-state index is 14.3. The van der Waals surface area contributed by atoms with E-state index >= 15 is 0 Å². The van der Waals surface area contributed by atoms with E-state index in [1.54, 1.807) is 12.1 Å². The molecule has 11 heteroatoms. The van der Waals surface area contributed by atoms with Crippen LogP contribution in [0.5, 0.6) is 0 Å². The number of nitrogens with one attached hydrogen (secondary N) is 2. The minimum atomic E-state index is -3.61. The van der Waals surface area contributed by atoms with Crippen LogP contribution in [0.2, 0.25) is 5.02 Å². The highest BCUT2D eigenvalue weighted by Gasteiger charge is 2.18. The maximum Gasteiger partial charge on any atom is 0.241 e. The Morgan fingerprint density at radius 1 is 1.17 bits per heavy atom. The minimum absolute atomic E-state index is 0.134. The summed E-state index contributed by atoms with van der Waals surface area (Å²) >= 11 is 5.82. The number of nitrogens with zero attached hydrogens (tertiary/aromatic N) is 3. The van der Waals surface area contributed by atoms with Crippen LogP contribution in [0.25, 0.3) is 0 Å². The molecule has 0 saturated heterocycles. The lowest BCUT2D eigenvalue weighted by Gasteiger charge is -2.19. The molecule has 0 radical (unpaired) electrons. The van der Waals surface area contributed by atoms with Crippen LogP contribution in [-0.2, 0) is 16.4 Å². The number of hydrogen-bond acceptors (Lipinski definition) is 7. The van der Waals surface area contributed by atoms with Gasteiger partial charge in [-0.15, -0.1) is 0 Å². The molecule has 0 aliphatic rings. The number of aromatic nitrogens is 3. The van der Waals surface area contributed by atoms with Gasteiger partial charge in [0.15, 0.2) is 0 Å². The molecule has 3 N–H and O–H groups in total. The lowest BCUT2D eigenvalue weighted by atomic mass is 9.97. The molecule has 0 amide bonds. The lowest BCUT2D eigenvalue weighted by Crippen LogP contribution is -2.27. The van der Waals surface area contributed by atoms with Crippen LogP contribution in [0.1, 0.15) is 44.5 Å².